The Kier molecular flexibility index (Phi) is 4.76. The summed E-state index contributed by atoms with van der Waals surface area (Å²) >= 11 is 0. The molecule has 2 heterocycles. The molecule has 2 bridgehead atoms. The first-order valence-corrected chi connectivity index (χ1v) is 11.0. The first kappa shape index (κ1) is 19.4. The zero-order chi connectivity index (χ0) is 20.1. The van der Waals surface area contributed by atoms with Gasteiger partial charge in [-0.15, -0.1) is 0 Å². The van der Waals surface area contributed by atoms with Gasteiger partial charge in [0.2, 0.25) is 10.0 Å². The molecule has 8 heteroatoms. The quantitative estimate of drug-likeness (QED) is 0.797. The van der Waals surface area contributed by atoms with Crippen LogP contribution in [0, 0.1) is 11.6 Å². The van der Waals surface area contributed by atoms with E-state index in [9.17, 15) is 12.8 Å². The largest absolute Gasteiger partial charge is 0.309 e. The maximum atomic E-state index is 15.1. The third-order valence-electron chi connectivity index (χ3n) is 5.56. The van der Waals surface area contributed by atoms with Gasteiger partial charge in [0.1, 0.15) is 17.3 Å². The third kappa shape index (κ3) is 3.68. The number of fused-ring (bicyclic) bond motifs is 2. The molecule has 0 amide bonds. The molecule has 28 heavy (non-hydrogen) atoms. The van der Waals surface area contributed by atoms with Crippen molar-refractivity contribution < 1.29 is 21.6 Å². The van der Waals surface area contributed by atoms with Gasteiger partial charge in [0.25, 0.3) is 0 Å². The zero-order valence-electron chi connectivity index (χ0n) is 15.3. The molecule has 4 nitrogen and oxygen atoms in total. The van der Waals surface area contributed by atoms with Crippen molar-refractivity contribution in [2.75, 3.05) is 6.26 Å². The minimum absolute atomic E-state index is 0.0290. The molecule has 0 spiro atoms. The van der Waals surface area contributed by atoms with Crippen molar-refractivity contribution in [2.45, 2.75) is 43.1 Å². The monoisotopic (exact) mass is 410 g/mol. The van der Waals surface area contributed by atoms with E-state index in [1.165, 1.54) is 0 Å². The zero-order valence-corrected chi connectivity index (χ0v) is 16.1. The standard InChI is InChI=1S/C20H21F3N2O2S/c1-28(26,27)25-19-17(24-15-10-20(19,23)11-15)8-13-7-14(21)9-16(18(13)22)12-5-3-2-4-6-12/h2-7,9,15,17,19,24-25H,8,10-11H2,1H3/t15?,17-,19+,20?/m0/s1. The van der Waals surface area contributed by atoms with E-state index in [1.807, 2.05) is 0 Å². The molecule has 2 aromatic rings. The lowest BCUT2D eigenvalue weighted by Crippen LogP contribution is -2.75. The molecule has 1 aliphatic carbocycles. The second kappa shape index (κ2) is 6.86. The highest BCUT2D eigenvalue weighted by molar-refractivity contribution is 7.88. The van der Waals surface area contributed by atoms with Crippen LogP contribution in [-0.4, -0.2) is 38.5 Å². The van der Waals surface area contributed by atoms with E-state index >= 15 is 8.78 Å². The minimum atomic E-state index is -3.66. The van der Waals surface area contributed by atoms with Crippen LogP contribution < -0.4 is 10.0 Å². The number of hydrogen-bond acceptors (Lipinski definition) is 3. The number of piperidine rings is 2. The normalized spacial score (nSPS) is 29.4. The van der Waals surface area contributed by atoms with Gasteiger partial charge in [-0.2, -0.15) is 0 Å². The Morgan fingerprint density at radius 2 is 1.86 bits per heavy atom. The summed E-state index contributed by atoms with van der Waals surface area (Å²) < 4.78 is 70.2. The maximum absolute atomic E-state index is 15.1. The van der Waals surface area contributed by atoms with E-state index < -0.39 is 39.4 Å². The van der Waals surface area contributed by atoms with Gasteiger partial charge in [0, 0.05) is 17.6 Å². The number of halogens is 3. The summed E-state index contributed by atoms with van der Waals surface area (Å²) in [7, 11) is -3.66. The molecule has 2 aromatic carbocycles. The Hall–Kier alpha value is -1.90. The molecule has 0 unspecified atom stereocenters. The van der Waals surface area contributed by atoms with Gasteiger partial charge in [-0.1, -0.05) is 30.3 Å². The molecule has 2 aliphatic heterocycles. The fourth-order valence-corrected chi connectivity index (χ4v) is 5.18. The van der Waals surface area contributed by atoms with Crippen LogP contribution in [0.25, 0.3) is 11.1 Å². The summed E-state index contributed by atoms with van der Waals surface area (Å²) in [6.07, 6.45) is 1.35. The predicted octanol–water partition coefficient (Wildman–Crippen LogP) is 2.93. The van der Waals surface area contributed by atoms with Gasteiger partial charge < -0.3 is 5.32 Å². The Morgan fingerprint density at radius 3 is 2.50 bits per heavy atom. The highest BCUT2D eigenvalue weighted by Crippen LogP contribution is 2.45. The first-order valence-electron chi connectivity index (χ1n) is 9.10. The number of sulfonamides is 1. The summed E-state index contributed by atoms with van der Waals surface area (Å²) in [6, 6.07) is 9.03. The van der Waals surface area contributed by atoms with E-state index in [0.29, 0.717) is 5.56 Å². The summed E-state index contributed by atoms with van der Waals surface area (Å²) in [5.41, 5.74) is -0.927. The number of nitrogens with one attached hydrogen (secondary N) is 2. The van der Waals surface area contributed by atoms with Gasteiger partial charge >= 0.3 is 0 Å². The van der Waals surface area contributed by atoms with Crippen molar-refractivity contribution in [1.82, 2.24) is 10.0 Å². The smallest absolute Gasteiger partial charge is 0.209 e. The van der Waals surface area contributed by atoms with Crippen molar-refractivity contribution in [3.63, 3.8) is 0 Å². The van der Waals surface area contributed by atoms with Crippen molar-refractivity contribution in [2.24, 2.45) is 0 Å². The highest BCUT2D eigenvalue weighted by Gasteiger charge is 2.58. The summed E-state index contributed by atoms with van der Waals surface area (Å²) in [4.78, 5) is 0. The molecule has 0 radical (unpaired) electrons. The minimum Gasteiger partial charge on any atom is -0.309 e. The summed E-state index contributed by atoms with van der Waals surface area (Å²) in [5, 5.41) is 3.18. The van der Waals surface area contributed by atoms with Gasteiger partial charge in [-0.25, -0.2) is 26.3 Å². The van der Waals surface area contributed by atoms with Crippen LogP contribution in [0.5, 0.6) is 0 Å². The average Bonchev–Trinajstić information content (AvgIpc) is 2.59. The maximum Gasteiger partial charge on any atom is 0.209 e. The van der Waals surface area contributed by atoms with E-state index in [0.717, 1.165) is 18.4 Å². The molecular formula is C20H21F3N2O2S. The van der Waals surface area contributed by atoms with Crippen molar-refractivity contribution in [1.29, 1.82) is 0 Å². The topological polar surface area (TPSA) is 58.2 Å². The molecule has 2 N–H and O–H groups in total. The predicted molar refractivity (Wildman–Crippen MR) is 101 cm³/mol. The molecule has 1 saturated carbocycles. The molecule has 2 saturated heterocycles. The Morgan fingerprint density at radius 1 is 1.18 bits per heavy atom. The Balaban J connectivity index is 1.67. The lowest BCUT2D eigenvalue weighted by molar-refractivity contribution is -0.0567. The molecule has 3 aliphatic rings. The fraction of sp³-hybridized carbons (Fsp3) is 0.400. The van der Waals surface area contributed by atoms with Crippen LogP contribution in [0.15, 0.2) is 42.5 Å². The van der Waals surface area contributed by atoms with Crippen molar-refractivity contribution in [3.05, 3.63) is 59.7 Å². The van der Waals surface area contributed by atoms with Gasteiger partial charge in [0.05, 0.1) is 12.3 Å². The summed E-state index contributed by atoms with van der Waals surface area (Å²) in [6.45, 7) is 0. The Bertz CT molecular complexity index is 992. The SMILES string of the molecule is CS(=O)(=O)N[C@@H]1[C@H](Cc2cc(F)cc(-c3ccccc3)c2F)NC2CC1(F)C2. The molecule has 0 aromatic heterocycles. The van der Waals surface area contributed by atoms with Gasteiger partial charge in [-0.05, 0) is 42.5 Å². The second-order valence-corrected chi connectivity index (χ2v) is 9.56. The molecule has 2 atom stereocenters. The number of hydrogen-bond donors (Lipinski definition) is 2. The van der Waals surface area contributed by atoms with Gasteiger partial charge in [-0.3, -0.25) is 0 Å². The first-order chi connectivity index (χ1) is 13.1. The number of benzene rings is 2. The van der Waals surface area contributed by atoms with Crippen LogP contribution in [0.4, 0.5) is 13.2 Å². The molecule has 5 rings (SSSR count). The molecule has 150 valence electrons. The highest BCUT2D eigenvalue weighted by atomic mass is 32.2. The number of rotatable bonds is 5. The number of alkyl halides is 1. The van der Waals surface area contributed by atoms with Crippen molar-refractivity contribution >= 4 is 10.0 Å². The van der Waals surface area contributed by atoms with Crippen molar-refractivity contribution in [3.8, 4) is 11.1 Å². The van der Waals surface area contributed by atoms with Crippen LogP contribution in [-0.2, 0) is 16.4 Å². The van der Waals surface area contributed by atoms with E-state index in [4.69, 9.17) is 0 Å². The third-order valence-corrected chi connectivity index (χ3v) is 6.24. The lowest BCUT2D eigenvalue weighted by Gasteiger charge is -2.55. The van der Waals surface area contributed by atoms with Gasteiger partial charge in [0.15, 0.2) is 0 Å². The second-order valence-electron chi connectivity index (χ2n) is 7.78. The average molecular weight is 410 g/mol. The summed E-state index contributed by atoms with van der Waals surface area (Å²) in [5.74, 6) is -1.18. The fourth-order valence-electron chi connectivity index (χ4n) is 4.34. The Labute approximate surface area is 162 Å². The van der Waals surface area contributed by atoms with E-state index in [2.05, 4.69) is 10.0 Å². The van der Waals surface area contributed by atoms with E-state index in [-0.39, 0.29) is 36.4 Å². The lowest BCUT2D eigenvalue weighted by atomic mass is 9.65. The van der Waals surface area contributed by atoms with Crippen LogP contribution >= 0.6 is 0 Å². The molecule has 3 fully saturated rings. The van der Waals surface area contributed by atoms with Crippen LogP contribution in [0.1, 0.15) is 18.4 Å². The van der Waals surface area contributed by atoms with Crippen LogP contribution in [0.3, 0.4) is 0 Å². The molecular weight excluding hydrogens is 389 g/mol. The van der Waals surface area contributed by atoms with Crippen LogP contribution in [0.2, 0.25) is 0 Å². The van der Waals surface area contributed by atoms with E-state index in [1.54, 1.807) is 30.3 Å².